The third-order valence-corrected chi connectivity index (χ3v) is 5.12. The molecular formula is C15H18F3NO2S. The zero-order valence-electron chi connectivity index (χ0n) is 12.0. The fourth-order valence-corrected chi connectivity index (χ4v) is 3.75. The minimum atomic E-state index is -4.70. The molecule has 0 unspecified atom stereocenters. The van der Waals surface area contributed by atoms with Crippen LogP contribution in [0.2, 0.25) is 0 Å². The summed E-state index contributed by atoms with van der Waals surface area (Å²) in [5.74, 6) is 0. The molecule has 1 N–H and O–H groups in total. The van der Waals surface area contributed by atoms with Gasteiger partial charge in [-0.1, -0.05) is 23.8 Å². The van der Waals surface area contributed by atoms with E-state index in [9.17, 15) is 21.6 Å². The van der Waals surface area contributed by atoms with Crippen LogP contribution >= 0.6 is 0 Å². The highest BCUT2D eigenvalue weighted by molar-refractivity contribution is 7.89. The van der Waals surface area contributed by atoms with Crippen molar-refractivity contribution >= 4 is 10.0 Å². The van der Waals surface area contributed by atoms with Crippen LogP contribution in [-0.4, -0.2) is 15.0 Å². The minimum Gasteiger partial charge on any atom is -0.211 e. The Balaban J connectivity index is 2.09. The number of halogens is 3. The van der Waals surface area contributed by atoms with Gasteiger partial charge < -0.3 is 0 Å². The second-order valence-corrected chi connectivity index (χ2v) is 6.99. The first kappa shape index (κ1) is 17.0. The molecule has 0 fully saturated rings. The van der Waals surface area contributed by atoms with Crippen LogP contribution in [0.3, 0.4) is 0 Å². The van der Waals surface area contributed by atoms with E-state index in [1.54, 1.807) is 0 Å². The van der Waals surface area contributed by atoms with Gasteiger partial charge in [0.15, 0.2) is 0 Å². The quantitative estimate of drug-likeness (QED) is 0.831. The second kappa shape index (κ2) is 6.83. The van der Waals surface area contributed by atoms with E-state index >= 15 is 0 Å². The van der Waals surface area contributed by atoms with Gasteiger partial charge in [-0.15, -0.1) is 0 Å². The average Bonchev–Trinajstić information content (AvgIpc) is 2.47. The summed E-state index contributed by atoms with van der Waals surface area (Å²) in [4.78, 5) is -0.722. The maximum Gasteiger partial charge on any atom is 0.417 e. The fourth-order valence-electron chi connectivity index (χ4n) is 2.49. The van der Waals surface area contributed by atoms with Crippen LogP contribution in [0.25, 0.3) is 0 Å². The summed E-state index contributed by atoms with van der Waals surface area (Å²) in [6, 6.07) is 4.21. The van der Waals surface area contributed by atoms with Crippen molar-refractivity contribution in [1.82, 2.24) is 4.72 Å². The molecule has 122 valence electrons. The van der Waals surface area contributed by atoms with Gasteiger partial charge in [-0.2, -0.15) is 13.2 Å². The minimum absolute atomic E-state index is 0.111. The van der Waals surface area contributed by atoms with Crippen molar-refractivity contribution in [2.75, 3.05) is 6.54 Å². The molecule has 0 atom stereocenters. The average molecular weight is 333 g/mol. The molecule has 0 saturated carbocycles. The number of hydrogen-bond acceptors (Lipinski definition) is 2. The van der Waals surface area contributed by atoms with Gasteiger partial charge in [-0.25, -0.2) is 13.1 Å². The fraction of sp³-hybridized carbons (Fsp3) is 0.467. The van der Waals surface area contributed by atoms with Gasteiger partial charge in [-0.3, -0.25) is 0 Å². The Labute approximate surface area is 128 Å². The highest BCUT2D eigenvalue weighted by Gasteiger charge is 2.36. The van der Waals surface area contributed by atoms with Crippen molar-refractivity contribution in [1.29, 1.82) is 0 Å². The Morgan fingerprint density at radius 2 is 1.86 bits per heavy atom. The zero-order valence-corrected chi connectivity index (χ0v) is 12.8. The molecule has 1 aliphatic carbocycles. The number of hydrogen-bond donors (Lipinski definition) is 1. The van der Waals surface area contributed by atoms with Gasteiger partial charge in [0, 0.05) is 6.54 Å². The Morgan fingerprint density at radius 3 is 2.50 bits per heavy atom. The Morgan fingerprint density at radius 1 is 1.14 bits per heavy atom. The number of rotatable bonds is 5. The molecule has 0 aromatic heterocycles. The summed E-state index contributed by atoms with van der Waals surface area (Å²) < 4.78 is 65.2. The Hall–Kier alpha value is -1.34. The van der Waals surface area contributed by atoms with E-state index in [-0.39, 0.29) is 6.54 Å². The molecule has 1 aromatic carbocycles. The molecule has 22 heavy (non-hydrogen) atoms. The first-order valence-electron chi connectivity index (χ1n) is 7.14. The van der Waals surface area contributed by atoms with E-state index in [1.807, 2.05) is 0 Å². The zero-order chi connectivity index (χ0) is 16.2. The molecule has 0 radical (unpaired) electrons. The molecule has 0 heterocycles. The molecule has 3 nitrogen and oxygen atoms in total. The van der Waals surface area contributed by atoms with Crippen LogP contribution in [0, 0.1) is 0 Å². The lowest BCUT2D eigenvalue weighted by molar-refractivity contribution is -0.139. The number of nitrogens with one attached hydrogen (secondary N) is 1. The highest BCUT2D eigenvalue weighted by Crippen LogP contribution is 2.33. The Bertz CT molecular complexity index is 651. The molecule has 1 aliphatic rings. The molecular weight excluding hydrogens is 315 g/mol. The number of alkyl halides is 3. The van der Waals surface area contributed by atoms with Crippen LogP contribution in [0.15, 0.2) is 40.8 Å². The van der Waals surface area contributed by atoms with Crippen molar-refractivity contribution in [2.24, 2.45) is 0 Å². The summed E-state index contributed by atoms with van der Waals surface area (Å²) in [7, 11) is -4.17. The lowest BCUT2D eigenvalue weighted by Gasteiger charge is -2.15. The van der Waals surface area contributed by atoms with Gasteiger partial charge >= 0.3 is 6.18 Å². The molecule has 0 saturated heterocycles. The van der Waals surface area contributed by atoms with Crippen LogP contribution in [0.5, 0.6) is 0 Å². The number of benzene rings is 1. The predicted molar refractivity (Wildman–Crippen MR) is 77.8 cm³/mol. The van der Waals surface area contributed by atoms with Gasteiger partial charge in [0.05, 0.1) is 10.5 Å². The molecule has 0 amide bonds. The van der Waals surface area contributed by atoms with Crippen LogP contribution in [0.1, 0.15) is 37.7 Å². The smallest absolute Gasteiger partial charge is 0.211 e. The number of sulfonamides is 1. The third-order valence-electron chi connectivity index (χ3n) is 3.61. The Kier molecular flexibility index (Phi) is 5.28. The largest absolute Gasteiger partial charge is 0.417 e. The molecule has 1 aromatic rings. The third kappa shape index (κ3) is 4.33. The molecule has 7 heteroatoms. The van der Waals surface area contributed by atoms with Gasteiger partial charge in [0.25, 0.3) is 0 Å². The standard InChI is InChI=1S/C15H18F3NO2S/c16-15(17,18)13-8-4-5-9-14(13)22(20,21)19-11-10-12-6-2-1-3-7-12/h4-6,8-9,19H,1-3,7,10-11H2. The van der Waals surface area contributed by atoms with E-state index in [2.05, 4.69) is 10.8 Å². The predicted octanol–water partition coefficient (Wildman–Crippen LogP) is 3.87. The van der Waals surface area contributed by atoms with Crippen LogP contribution in [-0.2, 0) is 16.2 Å². The summed E-state index contributed by atoms with van der Waals surface area (Å²) >= 11 is 0. The highest BCUT2D eigenvalue weighted by atomic mass is 32.2. The van der Waals surface area contributed by atoms with E-state index < -0.39 is 26.7 Å². The van der Waals surface area contributed by atoms with Crippen molar-refractivity contribution in [2.45, 2.75) is 43.2 Å². The van der Waals surface area contributed by atoms with Gasteiger partial charge in [0.1, 0.15) is 0 Å². The van der Waals surface area contributed by atoms with Gasteiger partial charge in [-0.05, 0) is 44.2 Å². The maximum atomic E-state index is 12.9. The van der Waals surface area contributed by atoms with E-state index in [1.165, 1.54) is 12.1 Å². The molecule has 0 spiro atoms. The van der Waals surface area contributed by atoms with E-state index in [4.69, 9.17) is 0 Å². The summed E-state index contributed by atoms with van der Waals surface area (Å²) in [6.45, 7) is 0.111. The monoisotopic (exact) mass is 333 g/mol. The lowest BCUT2D eigenvalue weighted by Crippen LogP contribution is -2.27. The van der Waals surface area contributed by atoms with Crippen molar-refractivity contribution in [3.63, 3.8) is 0 Å². The topological polar surface area (TPSA) is 46.2 Å². The molecule has 0 aliphatic heterocycles. The van der Waals surface area contributed by atoms with Crippen LogP contribution < -0.4 is 4.72 Å². The number of allylic oxidation sites excluding steroid dienone is 1. The molecule has 0 bridgehead atoms. The van der Waals surface area contributed by atoms with Crippen LogP contribution in [0.4, 0.5) is 13.2 Å². The van der Waals surface area contributed by atoms with Crippen molar-refractivity contribution in [3.05, 3.63) is 41.5 Å². The van der Waals surface area contributed by atoms with Crippen molar-refractivity contribution in [3.8, 4) is 0 Å². The van der Waals surface area contributed by atoms with E-state index in [0.29, 0.717) is 6.42 Å². The summed E-state index contributed by atoms with van der Waals surface area (Å²) in [5, 5.41) is 0. The normalized spacial score (nSPS) is 16.4. The van der Waals surface area contributed by atoms with Gasteiger partial charge in [0.2, 0.25) is 10.0 Å². The van der Waals surface area contributed by atoms with Crippen molar-refractivity contribution < 1.29 is 21.6 Å². The SMILES string of the molecule is O=S(=O)(NCCC1=CCCCC1)c1ccccc1C(F)(F)F. The first-order valence-corrected chi connectivity index (χ1v) is 8.63. The first-order chi connectivity index (χ1) is 10.3. The lowest BCUT2D eigenvalue weighted by atomic mass is 9.97. The second-order valence-electron chi connectivity index (χ2n) is 5.25. The molecule has 2 rings (SSSR count). The summed E-state index contributed by atoms with van der Waals surface area (Å²) in [6.07, 6.45) is 2.05. The van der Waals surface area contributed by atoms with E-state index in [0.717, 1.165) is 43.4 Å². The maximum absolute atomic E-state index is 12.9. The summed E-state index contributed by atoms with van der Waals surface area (Å²) in [5.41, 5.74) is 0.0254.